The van der Waals surface area contributed by atoms with E-state index in [-0.39, 0.29) is 12.8 Å². The number of aliphatic hydroxyl groups excluding tert-OH is 1. The highest BCUT2D eigenvalue weighted by Gasteiger charge is 2.19. The average Bonchev–Trinajstić information content (AvgIpc) is 1.96. The van der Waals surface area contributed by atoms with Gasteiger partial charge in [-0.1, -0.05) is 0 Å². The predicted octanol–water partition coefficient (Wildman–Crippen LogP) is 0.724. The highest BCUT2D eigenvalue weighted by atomic mass is 19.1. The van der Waals surface area contributed by atoms with Gasteiger partial charge in [0, 0.05) is 6.42 Å². The molecule has 0 spiro atoms. The number of hydrogen-bond acceptors (Lipinski definition) is 4. The Morgan fingerprint density at radius 1 is 1.57 bits per heavy atom. The van der Waals surface area contributed by atoms with E-state index in [1.807, 2.05) is 0 Å². The van der Waals surface area contributed by atoms with Gasteiger partial charge in [-0.05, 0) is 27.2 Å². The Morgan fingerprint density at radius 2 is 2.07 bits per heavy atom. The summed E-state index contributed by atoms with van der Waals surface area (Å²) >= 11 is 0. The highest BCUT2D eigenvalue weighted by Crippen LogP contribution is 2.10. The maximum Gasteiger partial charge on any atom is 0.306 e. The molecule has 0 aliphatic rings. The molecule has 84 valence electrons. The fraction of sp³-hybridized carbons (Fsp3) is 0.889. The number of alkyl halides is 1. The van der Waals surface area contributed by atoms with Crippen LogP contribution in [0.25, 0.3) is 0 Å². The monoisotopic (exact) mass is 207 g/mol. The lowest BCUT2D eigenvalue weighted by Gasteiger charge is -2.20. The minimum atomic E-state index is -1.81. The Balaban J connectivity index is 3.75. The van der Waals surface area contributed by atoms with Crippen LogP contribution in [0.4, 0.5) is 4.39 Å². The topological polar surface area (TPSA) is 72.5 Å². The molecule has 0 fully saturated rings. The molecule has 0 amide bonds. The lowest BCUT2D eigenvalue weighted by atomic mass is 10.1. The molecule has 4 nitrogen and oxygen atoms in total. The standard InChI is InChI=1S/C9H18FNO3/c1-9(2,3)14-7(13)5-4-6(12)8(10)11/h6,8,12H,4-5,11H2,1-3H3. The van der Waals surface area contributed by atoms with Gasteiger partial charge in [-0.2, -0.15) is 0 Å². The third-order valence-electron chi connectivity index (χ3n) is 1.43. The Hall–Kier alpha value is -0.680. The summed E-state index contributed by atoms with van der Waals surface area (Å²) in [7, 11) is 0. The third-order valence-corrected chi connectivity index (χ3v) is 1.43. The van der Waals surface area contributed by atoms with Crippen molar-refractivity contribution in [2.75, 3.05) is 0 Å². The van der Waals surface area contributed by atoms with Gasteiger partial charge >= 0.3 is 5.97 Å². The van der Waals surface area contributed by atoms with Crippen LogP contribution < -0.4 is 5.73 Å². The van der Waals surface area contributed by atoms with Crippen molar-refractivity contribution in [2.45, 2.75) is 51.6 Å². The summed E-state index contributed by atoms with van der Waals surface area (Å²) in [5.41, 5.74) is 4.22. The number of ether oxygens (including phenoxy) is 1. The molecule has 5 heteroatoms. The Morgan fingerprint density at radius 3 is 2.43 bits per heavy atom. The number of esters is 1. The minimum Gasteiger partial charge on any atom is -0.460 e. The molecule has 0 saturated heterocycles. The first kappa shape index (κ1) is 13.3. The molecule has 0 aromatic rings. The van der Waals surface area contributed by atoms with E-state index in [0.29, 0.717) is 0 Å². The molecule has 2 unspecified atom stereocenters. The Kier molecular flexibility index (Phi) is 5.01. The van der Waals surface area contributed by atoms with Crippen LogP contribution in [-0.2, 0) is 9.53 Å². The molecule has 0 bridgehead atoms. The quantitative estimate of drug-likeness (QED) is 0.526. The van der Waals surface area contributed by atoms with Gasteiger partial charge < -0.3 is 9.84 Å². The Bertz CT molecular complexity index is 189. The maximum absolute atomic E-state index is 12.3. The van der Waals surface area contributed by atoms with Gasteiger partial charge in [0.15, 0.2) is 6.30 Å². The molecule has 0 saturated carbocycles. The maximum atomic E-state index is 12.3. The van der Waals surface area contributed by atoms with Gasteiger partial charge in [-0.15, -0.1) is 0 Å². The highest BCUT2D eigenvalue weighted by molar-refractivity contribution is 5.69. The summed E-state index contributed by atoms with van der Waals surface area (Å²) in [4.78, 5) is 11.1. The smallest absolute Gasteiger partial charge is 0.306 e. The molecule has 3 N–H and O–H groups in total. The van der Waals surface area contributed by atoms with Crippen LogP contribution in [0.1, 0.15) is 33.6 Å². The first-order chi connectivity index (χ1) is 6.22. The molecule has 0 aliphatic carbocycles. The molecular formula is C9H18FNO3. The zero-order valence-corrected chi connectivity index (χ0v) is 8.79. The van der Waals surface area contributed by atoms with Crippen molar-refractivity contribution >= 4 is 5.97 Å². The number of nitrogens with two attached hydrogens (primary N) is 1. The van der Waals surface area contributed by atoms with Crippen molar-refractivity contribution in [3.8, 4) is 0 Å². The van der Waals surface area contributed by atoms with Gasteiger partial charge in [-0.3, -0.25) is 10.5 Å². The largest absolute Gasteiger partial charge is 0.460 e. The SMILES string of the molecule is CC(C)(C)OC(=O)CCC(O)C(N)F. The van der Waals surface area contributed by atoms with E-state index in [9.17, 15) is 9.18 Å². The number of hydrogen-bond donors (Lipinski definition) is 2. The molecule has 0 heterocycles. The second-order valence-electron chi connectivity index (χ2n) is 4.14. The van der Waals surface area contributed by atoms with Gasteiger partial charge in [0.2, 0.25) is 0 Å². The first-order valence-electron chi connectivity index (χ1n) is 4.52. The summed E-state index contributed by atoms with van der Waals surface area (Å²) in [6.07, 6.45) is -3.16. The molecule has 0 aromatic heterocycles. The van der Waals surface area contributed by atoms with Gasteiger partial charge in [0.25, 0.3) is 0 Å². The van der Waals surface area contributed by atoms with E-state index in [1.54, 1.807) is 20.8 Å². The zero-order chi connectivity index (χ0) is 11.4. The molecule has 0 aliphatic heterocycles. The second-order valence-corrected chi connectivity index (χ2v) is 4.14. The van der Waals surface area contributed by atoms with Crippen molar-refractivity contribution in [3.63, 3.8) is 0 Å². The van der Waals surface area contributed by atoms with Crippen LogP contribution in [0.3, 0.4) is 0 Å². The number of rotatable bonds is 4. The van der Waals surface area contributed by atoms with Crippen LogP contribution in [0.2, 0.25) is 0 Å². The summed E-state index contributed by atoms with van der Waals surface area (Å²) in [6, 6.07) is 0. The number of carbonyl (C=O) groups is 1. The van der Waals surface area contributed by atoms with Gasteiger partial charge in [-0.25, -0.2) is 4.39 Å². The van der Waals surface area contributed by atoms with E-state index in [1.165, 1.54) is 0 Å². The normalized spacial score (nSPS) is 16.1. The number of aliphatic hydroxyl groups is 1. The van der Waals surface area contributed by atoms with Crippen LogP contribution >= 0.6 is 0 Å². The predicted molar refractivity (Wildman–Crippen MR) is 50.2 cm³/mol. The Labute approximate surface area is 83.2 Å². The van der Waals surface area contributed by atoms with Crippen molar-refractivity contribution in [3.05, 3.63) is 0 Å². The van der Waals surface area contributed by atoms with Crippen molar-refractivity contribution in [1.29, 1.82) is 0 Å². The van der Waals surface area contributed by atoms with Crippen LogP contribution in [0.15, 0.2) is 0 Å². The van der Waals surface area contributed by atoms with E-state index in [2.05, 4.69) is 0 Å². The number of halogens is 1. The number of carbonyl (C=O) groups excluding carboxylic acids is 1. The van der Waals surface area contributed by atoms with E-state index >= 15 is 0 Å². The summed E-state index contributed by atoms with van der Waals surface area (Å²) in [5, 5.41) is 8.97. The van der Waals surface area contributed by atoms with Gasteiger partial charge in [0.1, 0.15) is 5.60 Å². The summed E-state index contributed by atoms with van der Waals surface area (Å²) < 4.78 is 17.2. The lowest BCUT2D eigenvalue weighted by Crippen LogP contribution is -2.31. The first-order valence-corrected chi connectivity index (χ1v) is 4.52. The fourth-order valence-corrected chi connectivity index (χ4v) is 0.817. The van der Waals surface area contributed by atoms with Crippen molar-refractivity contribution in [2.24, 2.45) is 5.73 Å². The van der Waals surface area contributed by atoms with Crippen LogP contribution in [0.5, 0.6) is 0 Å². The van der Waals surface area contributed by atoms with Crippen LogP contribution in [0, 0.1) is 0 Å². The second kappa shape index (κ2) is 5.26. The van der Waals surface area contributed by atoms with Crippen LogP contribution in [-0.4, -0.2) is 29.1 Å². The van der Waals surface area contributed by atoms with Gasteiger partial charge in [0.05, 0.1) is 6.10 Å². The summed E-state index contributed by atoms with van der Waals surface area (Å²) in [5.74, 6) is -0.461. The fourth-order valence-electron chi connectivity index (χ4n) is 0.817. The molecule has 0 aromatic carbocycles. The van der Waals surface area contributed by atoms with Crippen molar-refractivity contribution < 1.29 is 19.0 Å². The summed E-state index contributed by atoms with van der Waals surface area (Å²) in [6.45, 7) is 5.21. The minimum absolute atomic E-state index is 0.0213. The van der Waals surface area contributed by atoms with Crippen molar-refractivity contribution in [1.82, 2.24) is 0 Å². The van der Waals surface area contributed by atoms with E-state index in [0.717, 1.165) is 0 Å². The average molecular weight is 207 g/mol. The van der Waals surface area contributed by atoms with E-state index in [4.69, 9.17) is 15.6 Å². The lowest BCUT2D eigenvalue weighted by molar-refractivity contribution is -0.155. The van der Waals surface area contributed by atoms with E-state index < -0.39 is 24.0 Å². The third kappa shape index (κ3) is 6.80. The molecule has 0 radical (unpaired) electrons. The molecule has 2 atom stereocenters. The zero-order valence-electron chi connectivity index (χ0n) is 8.79. The molecular weight excluding hydrogens is 189 g/mol. The molecule has 14 heavy (non-hydrogen) atoms. The molecule has 0 rings (SSSR count).